The fourth-order valence-electron chi connectivity index (χ4n) is 1.27. The molecule has 1 aliphatic heterocycles. The maximum Gasteiger partial charge on any atom is 0.230 e. The van der Waals surface area contributed by atoms with Crippen molar-refractivity contribution in [1.82, 2.24) is 0 Å². The summed E-state index contributed by atoms with van der Waals surface area (Å²) in [5.74, 6) is -0.230. The van der Waals surface area contributed by atoms with Gasteiger partial charge >= 0.3 is 0 Å². The Labute approximate surface area is 80.9 Å². The molecule has 1 heterocycles. The molecule has 0 bridgehead atoms. The standard InChI is InChI=1S/C10H10FNO2/c1-6-5-14-9-3-2-7(11)4-8(9)12-10(6)13/h2-4,6H,5H2,1H3,(H,12,13). The van der Waals surface area contributed by atoms with Gasteiger partial charge in [0.25, 0.3) is 0 Å². The van der Waals surface area contributed by atoms with Crippen LogP contribution in [0.25, 0.3) is 0 Å². The van der Waals surface area contributed by atoms with E-state index in [0.717, 1.165) is 0 Å². The van der Waals surface area contributed by atoms with E-state index < -0.39 is 0 Å². The van der Waals surface area contributed by atoms with Gasteiger partial charge in [-0.2, -0.15) is 0 Å². The van der Waals surface area contributed by atoms with Crippen LogP contribution in [0.3, 0.4) is 0 Å². The van der Waals surface area contributed by atoms with E-state index in [2.05, 4.69) is 5.32 Å². The van der Waals surface area contributed by atoms with Crippen LogP contribution >= 0.6 is 0 Å². The lowest BCUT2D eigenvalue weighted by Crippen LogP contribution is -2.22. The van der Waals surface area contributed by atoms with Gasteiger partial charge in [-0.3, -0.25) is 4.79 Å². The Morgan fingerprint density at radius 1 is 1.57 bits per heavy atom. The molecule has 0 saturated heterocycles. The van der Waals surface area contributed by atoms with Crippen molar-refractivity contribution >= 4 is 11.6 Å². The van der Waals surface area contributed by atoms with E-state index in [1.54, 1.807) is 6.92 Å². The molecular weight excluding hydrogens is 185 g/mol. The van der Waals surface area contributed by atoms with E-state index in [1.807, 2.05) is 0 Å². The van der Waals surface area contributed by atoms with Crippen LogP contribution in [0.2, 0.25) is 0 Å². The minimum atomic E-state index is -0.387. The van der Waals surface area contributed by atoms with Crippen LogP contribution in [0.4, 0.5) is 10.1 Å². The minimum absolute atomic E-state index is 0.144. The first-order valence-corrected chi connectivity index (χ1v) is 4.40. The molecule has 74 valence electrons. The van der Waals surface area contributed by atoms with Crippen molar-refractivity contribution in [2.45, 2.75) is 6.92 Å². The first-order chi connectivity index (χ1) is 6.66. The molecule has 1 aromatic rings. The molecule has 4 heteroatoms. The summed E-state index contributed by atoms with van der Waals surface area (Å²) in [4.78, 5) is 11.4. The van der Waals surface area contributed by atoms with E-state index in [4.69, 9.17) is 4.74 Å². The Morgan fingerprint density at radius 3 is 3.14 bits per heavy atom. The summed E-state index contributed by atoms with van der Waals surface area (Å²) in [5.41, 5.74) is 0.402. The summed E-state index contributed by atoms with van der Waals surface area (Å²) < 4.78 is 18.2. The van der Waals surface area contributed by atoms with Crippen LogP contribution in [0.5, 0.6) is 5.75 Å². The van der Waals surface area contributed by atoms with Gasteiger partial charge in [0.1, 0.15) is 11.6 Å². The van der Waals surface area contributed by atoms with Gasteiger partial charge in [0.15, 0.2) is 0 Å². The molecule has 0 aromatic heterocycles. The van der Waals surface area contributed by atoms with Gasteiger partial charge in [-0.05, 0) is 12.1 Å². The van der Waals surface area contributed by atoms with E-state index in [9.17, 15) is 9.18 Å². The molecule has 1 amide bonds. The highest BCUT2D eigenvalue weighted by atomic mass is 19.1. The Hall–Kier alpha value is -1.58. The normalized spacial score (nSPS) is 20.4. The molecule has 2 rings (SSSR count). The predicted octanol–water partition coefficient (Wildman–Crippen LogP) is 1.79. The second-order valence-corrected chi connectivity index (χ2v) is 3.34. The number of amides is 1. The fraction of sp³-hybridized carbons (Fsp3) is 0.300. The van der Waals surface area contributed by atoms with Gasteiger partial charge in [0, 0.05) is 6.07 Å². The third kappa shape index (κ3) is 1.55. The van der Waals surface area contributed by atoms with Crippen molar-refractivity contribution in [3.05, 3.63) is 24.0 Å². The fourth-order valence-corrected chi connectivity index (χ4v) is 1.27. The molecule has 0 spiro atoms. The van der Waals surface area contributed by atoms with Gasteiger partial charge in [0.05, 0.1) is 18.2 Å². The quantitative estimate of drug-likeness (QED) is 0.685. The summed E-state index contributed by atoms with van der Waals surface area (Å²) in [6.07, 6.45) is 0. The van der Waals surface area contributed by atoms with Crippen LogP contribution < -0.4 is 10.1 Å². The monoisotopic (exact) mass is 195 g/mol. The molecule has 0 aliphatic carbocycles. The molecule has 0 radical (unpaired) electrons. The zero-order valence-electron chi connectivity index (χ0n) is 7.71. The van der Waals surface area contributed by atoms with Crippen molar-refractivity contribution in [1.29, 1.82) is 0 Å². The highest BCUT2D eigenvalue weighted by Gasteiger charge is 2.20. The lowest BCUT2D eigenvalue weighted by atomic mass is 10.2. The van der Waals surface area contributed by atoms with Gasteiger partial charge in [0.2, 0.25) is 5.91 Å². The molecule has 3 nitrogen and oxygen atoms in total. The third-order valence-corrected chi connectivity index (χ3v) is 2.14. The zero-order chi connectivity index (χ0) is 10.1. The number of carbonyl (C=O) groups is 1. The SMILES string of the molecule is CC1COc2ccc(F)cc2NC1=O. The van der Waals surface area contributed by atoms with Crippen molar-refractivity contribution in [3.63, 3.8) is 0 Å². The van der Waals surface area contributed by atoms with Crippen LogP contribution in [0, 0.1) is 11.7 Å². The van der Waals surface area contributed by atoms with E-state index in [-0.39, 0.29) is 17.6 Å². The Morgan fingerprint density at radius 2 is 2.36 bits per heavy atom. The highest BCUT2D eigenvalue weighted by molar-refractivity contribution is 5.94. The van der Waals surface area contributed by atoms with Gasteiger partial charge in [-0.25, -0.2) is 4.39 Å². The van der Waals surface area contributed by atoms with Crippen LogP contribution in [0.15, 0.2) is 18.2 Å². The number of benzene rings is 1. The summed E-state index contributed by atoms with van der Waals surface area (Å²) in [6, 6.07) is 4.08. The van der Waals surface area contributed by atoms with Gasteiger partial charge in [-0.1, -0.05) is 6.92 Å². The average Bonchev–Trinajstić information content (AvgIpc) is 2.27. The van der Waals surface area contributed by atoms with Crippen LogP contribution in [0.1, 0.15) is 6.92 Å². The second kappa shape index (κ2) is 3.29. The average molecular weight is 195 g/mol. The van der Waals surface area contributed by atoms with Crippen LogP contribution in [-0.4, -0.2) is 12.5 Å². The molecule has 1 aliphatic rings. The summed E-state index contributed by atoms with van der Waals surface area (Å²) in [6.45, 7) is 2.09. The number of fused-ring (bicyclic) bond motifs is 1. The van der Waals surface area contributed by atoms with Crippen molar-refractivity contribution in [2.24, 2.45) is 5.92 Å². The highest BCUT2D eigenvalue weighted by Crippen LogP contribution is 2.28. The number of hydrogen-bond donors (Lipinski definition) is 1. The number of carbonyl (C=O) groups excluding carboxylic acids is 1. The molecule has 14 heavy (non-hydrogen) atoms. The van der Waals surface area contributed by atoms with Gasteiger partial charge < -0.3 is 10.1 Å². The summed E-state index contributed by atoms with van der Waals surface area (Å²) in [7, 11) is 0. The largest absolute Gasteiger partial charge is 0.491 e. The topological polar surface area (TPSA) is 38.3 Å². The predicted molar refractivity (Wildman–Crippen MR) is 49.7 cm³/mol. The number of rotatable bonds is 0. The molecular formula is C10H10FNO2. The summed E-state index contributed by atoms with van der Waals surface area (Å²) >= 11 is 0. The van der Waals surface area contributed by atoms with Crippen molar-refractivity contribution < 1.29 is 13.9 Å². The van der Waals surface area contributed by atoms with E-state index >= 15 is 0 Å². The number of halogens is 1. The molecule has 0 fully saturated rings. The second-order valence-electron chi connectivity index (χ2n) is 3.34. The first kappa shape index (κ1) is 8.99. The molecule has 1 atom stereocenters. The molecule has 1 aromatic carbocycles. The molecule has 1 unspecified atom stereocenters. The first-order valence-electron chi connectivity index (χ1n) is 4.40. The van der Waals surface area contributed by atoms with Crippen molar-refractivity contribution in [3.8, 4) is 5.75 Å². The number of ether oxygens (including phenoxy) is 1. The smallest absolute Gasteiger partial charge is 0.230 e. The number of hydrogen-bond acceptors (Lipinski definition) is 2. The zero-order valence-corrected chi connectivity index (χ0v) is 7.71. The van der Waals surface area contributed by atoms with Crippen molar-refractivity contribution in [2.75, 3.05) is 11.9 Å². The number of nitrogens with one attached hydrogen (secondary N) is 1. The molecule has 0 saturated carbocycles. The molecule has 1 N–H and O–H groups in total. The summed E-state index contributed by atoms with van der Waals surface area (Å²) in [5, 5.41) is 2.61. The Kier molecular flexibility index (Phi) is 2.11. The van der Waals surface area contributed by atoms with Gasteiger partial charge in [-0.15, -0.1) is 0 Å². The minimum Gasteiger partial charge on any atom is -0.491 e. The Balaban J connectivity index is 2.38. The lowest BCUT2D eigenvalue weighted by Gasteiger charge is -2.05. The van der Waals surface area contributed by atoms with E-state index in [0.29, 0.717) is 18.0 Å². The number of anilines is 1. The maximum absolute atomic E-state index is 12.8. The maximum atomic E-state index is 12.8. The van der Waals surface area contributed by atoms with Crippen LogP contribution in [-0.2, 0) is 4.79 Å². The third-order valence-electron chi connectivity index (χ3n) is 2.14. The Bertz CT molecular complexity index is 378. The van der Waals surface area contributed by atoms with E-state index in [1.165, 1.54) is 18.2 Å². The lowest BCUT2D eigenvalue weighted by molar-refractivity contribution is -0.119.